The highest BCUT2D eigenvalue weighted by Gasteiger charge is 2.38. The molecule has 1 aromatic rings. The number of ether oxygens (including phenoxy) is 1. The van der Waals surface area contributed by atoms with Crippen LogP contribution in [0.5, 0.6) is 5.75 Å². The van der Waals surface area contributed by atoms with E-state index < -0.39 is 0 Å². The minimum atomic E-state index is -0.130. The number of aromatic nitrogens is 1. The van der Waals surface area contributed by atoms with E-state index in [9.17, 15) is 9.59 Å². The van der Waals surface area contributed by atoms with E-state index in [0.717, 1.165) is 22.0 Å². The van der Waals surface area contributed by atoms with Crippen LogP contribution in [0.1, 0.15) is 80.0 Å². The lowest BCUT2D eigenvalue weighted by Crippen LogP contribution is -2.23. The maximum absolute atomic E-state index is 12.6. The van der Waals surface area contributed by atoms with Crippen LogP contribution in [0.3, 0.4) is 0 Å². The summed E-state index contributed by atoms with van der Waals surface area (Å²) in [6.45, 7) is 2.15. The molecule has 0 amide bonds. The van der Waals surface area contributed by atoms with Crippen LogP contribution in [0, 0.1) is 9.49 Å². The average molecular weight is 429 g/mol. The molecule has 0 aromatic carbocycles. The van der Waals surface area contributed by atoms with Gasteiger partial charge in [0.1, 0.15) is 5.69 Å². The van der Waals surface area contributed by atoms with Gasteiger partial charge in [0.05, 0.1) is 10.7 Å². The van der Waals surface area contributed by atoms with Crippen LogP contribution in [0.4, 0.5) is 0 Å². The Hall–Kier alpha value is -0.850. The maximum Gasteiger partial charge on any atom is 0.237 e. The van der Waals surface area contributed by atoms with Crippen LogP contribution >= 0.6 is 22.6 Å². The van der Waals surface area contributed by atoms with Gasteiger partial charge in [-0.1, -0.05) is 25.7 Å². The predicted molar refractivity (Wildman–Crippen MR) is 98.6 cm³/mol. The number of hydrogen-bond donors (Lipinski definition) is 0. The topological polar surface area (TPSA) is 48.3 Å². The standard InChI is InChI=1S/C18H24INO3/c1-11-9-13(12-7-5-3-4-6-8-12)16-15(19)17(22)18(23-2)14(10-21)20(11)16/h10-13H,3-9H2,1-2H3/t11-,13?/m1/s1. The first-order valence-corrected chi connectivity index (χ1v) is 9.65. The van der Waals surface area contributed by atoms with Gasteiger partial charge in [0, 0.05) is 17.7 Å². The number of pyridine rings is 1. The van der Waals surface area contributed by atoms with Crippen molar-refractivity contribution in [2.24, 2.45) is 5.92 Å². The van der Waals surface area contributed by atoms with E-state index >= 15 is 0 Å². The fourth-order valence-corrected chi connectivity index (χ4v) is 5.42. The Morgan fingerprint density at radius 3 is 2.43 bits per heavy atom. The van der Waals surface area contributed by atoms with Crippen LogP contribution in [0.15, 0.2) is 4.79 Å². The zero-order chi connectivity index (χ0) is 16.6. The SMILES string of the molecule is COc1c(C=O)n2c(c(I)c1=O)C(C1CCCCCC1)C[C@H]2C. The third-order valence-electron chi connectivity index (χ3n) is 5.55. The Balaban J connectivity index is 2.14. The first-order chi connectivity index (χ1) is 11.1. The molecule has 3 rings (SSSR count). The van der Waals surface area contributed by atoms with E-state index in [1.165, 1.54) is 45.6 Å². The quantitative estimate of drug-likeness (QED) is 0.409. The molecule has 2 heterocycles. The van der Waals surface area contributed by atoms with Gasteiger partial charge in [-0.3, -0.25) is 9.59 Å². The number of hydrogen-bond acceptors (Lipinski definition) is 3. The average Bonchev–Trinajstić information content (AvgIpc) is 2.74. The molecular formula is C18H24INO3. The van der Waals surface area contributed by atoms with E-state index in [0.29, 0.717) is 17.5 Å². The lowest BCUT2D eigenvalue weighted by molar-refractivity contribution is 0.111. The van der Waals surface area contributed by atoms with E-state index in [4.69, 9.17) is 4.74 Å². The fraction of sp³-hybridized carbons (Fsp3) is 0.667. The molecule has 2 aliphatic rings. The summed E-state index contributed by atoms with van der Waals surface area (Å²) in [5.74, 6) is 1.23. The van der Waals surface area contributed by atoms with Gasteiger partial charge in [-0.15, -0.1) is 0 Å². The Morgan fingerprint density at radius 1 is 1.22 bits per heavy atom. The van der Waals surface area contributed by atoms with Crippen LogP contribution in [-0.4, -0.2) is 18.0 Å². The Labute approximate surface area is 150 Å². The first-order valence-electron chi connectivity index (χ1n) is 8.57. The molecule has 23 heavy (non-hydrogen) atoms. The summed E-state index contributed by atoms with van der Waals surface area (Å²) >= 11 is 2.15. The number of carbonyl (C=O) groups is 1. The minimum absolute atomic E-state index is 0.130. The van der Waals surface area contributed by atoms with E-state index in [1.807, 2.05) is 0 Å². The summed E-state index contributed by atoms with van der Waals surface area (Å²) in [5, 5.41) is 0. The molecule has 2 atom stereocenters. The molecule has 4 nitrogen and oxygen atoms in total. The van der Waals surface area contributed by atoms with Gasteiger partial charge in [-0.05, 0) is 54.7 Å². The normalized spacial score (nSPS) is 25.0. The summed E-state index contributed by atoms with van der Waals surface area (Å²) in [5.41, 5.74) is 1.36. The third kappa shape index (κ3) is 2.85. The molecule has 1 aliphatic carbocycles. The van der Waals surface area contributed by atoms with Crippen molar-refractivity contribution in [1.29, 1.82) is 0 Å². The number of fused-ring (bicyclic) bond motifs is 1. The highest BCUT2D eigenvalue weighted by Crippen LogP contribution is 2.47. The summed E-state index contributed by atoms with van der Waals surface area (Å²) in [4.78, 5) is 24.3. The molecule has 0 N–H and O–H groups in total. The van der Waals surface area contributed by atoms with Crippen molar-refractivity contribution in [2.45, 2.75) is 63.8 Å². The predicted octanol–water partition coefficient (Wildman–Crippen LogP) is 4.29. The van der Waals surface area contributed by atoms with E-state index in [1.54, 1.807) is 0 Å². The van der Waals surface area contributed by atoms with Crippen LogP contribution in [0.25, 0.3) is 0 Å². The van der Waals surface area contributed by atoms with Crippen LogP contribution in [0.2, 0.25) is 0 Å². The largest absolute Gasteiger partial charge is 0.491 e. The van der Waals surface area contributed by atoms with Crippen molar-refractivity contribution in [3.8, 4) is 5.75 Å². The van der Waals surface area contributed by atoms with Crippen molar-refractivity contribution in [3.05, 3.63) is 25.2 Å². The third-order valence-corrected chi connectivity index (χ3v) is 6.60. The molecule has 0 spiro atoms. The Morgan fingerprint density at radius 2 is 1.87 bits per heavy atom. The van der Waals surface area contributed by atoms with Crippen molar-refractivity contribution < 1.29 is 9.53 Å². The molecule has 0 bridgehead atoms. The monoisotopic (exact) mass is 429 g/mol. The van der Waals surface area contributed by atoms with E-state index in [-0.39, 0.29) is 17.2 Å². The number of aldehydes is 1. The summed E-state index contributed by atoms with van der Waals surface area (Å²) in [6.07, 6.45) is 9.50. The molecular weight excluding hydrogens is 405 g/mol. The molecule has 1 saturated carbocycles. The smallest absolute Gasteiger partial charge is 0.237 e. The number of nitrogens with zero attached hydrogens (tertiary/aromatic N) is 1. The zero-order valence-corrected chi connectivity index (χ0v) is 16.0. The van der Waals surface area contributed by atoms with Crippen molar-refractivity contribution in [3.63, 3.8) is 0 Å². The number of rotatable bonds is 3. The second kappa shape index (κ2) is 6.95. The van der Waals surface area contributed by atoms with Gasteiger partial charge in [-0.25, -0.2) is 0 Å². The lowest BCUT2D eigenvalue weighted by Gasteiger charge is -2.23. The fourth-order valence-electron chi connectivity index (χ4n) is 4.51. The lowest BCUT2D eigenvalue weighted by atomic mass is 9.82. The molecule has 1 unspecified atom stereocenters. The molecule has 1 aliphatic heterocycles. The second-order valence-electron chi connectivity index (χ2n) is 6.88. The van der Waals surface area contributed by atoms with Gasteiger partial charge >= 0.3 is 0 Å². The number of halogens is 1. The Bertz CT molecular complexity index is 659. The molecule has 0 radical (unpaired) electrons. The van der Waals surface area contributed by atoms with Gasteiger partial charge in [0.25, 0.3) is 0 Å². The van der Waals surface area contributed by atoms with Crippen LogP contribution < -0.4 is 10.2 Å². The molecule has 1 aromatic heterocycles. The summed E-state index contributed by atoms with van der Waals surface area (Å²) in [7, 11) is 1.47. The molecule has 126 valence electrons. The second-order valence-corrected chi connectivity index (χ2v) is 7.96. The molecule has 5 heteroatoms. The molecule has 0 saturated heterocycles. The number of carbonyl (C=O) groups excluding carboxylic acids is 1. The Kier molecular flexibility index (Phi) is 5.13. The zero-order valence-electron chi connectivity index (χ0n) is 13.8. The van der Waals surface area contributed by atoms with Crippen molar-refractivity contribution >= 4 is 28.9 Å². The van der Waals surface area contributed by atoms with Gasteiger partial charge < -0.3 is 9.30 Å². The summed E-state index contributed by atoms with van der Waals surface area (Å²) in [6, 6.07) is 0.237. The van der Waals surface area contributed by atoms with Gasteiger partial charge in [0.2, 0.25) is 5.43 Å². The van der Waals surface area contributed by atoms with Crippen molar-refractivity contribution in [2.75, 3.05) is 7.11 Å². The first kappa shape index (κ1) is 17.0. The van der Waals surface area contributed by atoms with Gasteiger partial charge in [-0.2, -0.15) is 0 Å². The summed E-state index contributed by atoms with van der Waals surface area (Å²) < 4.78 is 8.07. The number of methoxy groups -OCH3 is 1. The molecule has 1 fully saturated rings. The highest BCUT2D eigenvalue weighted by molar-refractivity contribution is 14.1. The van der Waals surface area contributed by atoms with Gasteiger partial charge in [0.15, 0.2) is 12.0 Å². The maximum atomic E-state index is 12.6. The minimum Gasteiger partial charge on any atom is -0.491 e. The van der Waals surface area contributed by atoms with E-state index in [2.05, 4.69) is 34.1 Å². The van der Waals surface area contributed by atoms with Crippen LogP contribution in [-0.2, 0) is 0 Å². The van der Waals surface area contributed by atoms with Crippen molar-refractivity contribution in [1.82, 2.24) is 4.57 Å². The highest BCUT2D eigenvalue weighted by atomic mass is 127.